The molecule has 1 aromatic rings. The lowest BCUT2D eigenvalue weighted by Gasteiger charge is -2.10. The second-order valence-electron chi connectivity index (χ2n) is 3.28. The molecule has 0 aliphatic heterocycles. The summed E-state index contributed by atoms with van der Waals surface area (Å²) in [6.07, 6.45) is -1.79. The number of carbonyl (C=O) groups is 1. The Balaban J connectivity index is 2.93. The molecule has 1 atom stereocenters. The molecule has 0 saturated heterocycles. The average Bonchev–Trinajstić information content (AvgIpc) is 2.29. The lowest BCUT2D eigenvalue weighted by atomic mass is 10.4. The minimum atomic E-state index is -3.89. The van der Waals surface area contributed by atoms with Crippen LogP contribution in [0.3, 0.4) is 0 Å². The molecule has 1 aromatic carbocycles. The van der Waals surface area contributed by atoms with Crippen molar-refractivity contribution >= 4 is 47.9 Å². The zero-order valence-corrected chi connectivity index (χ0v) is 12.8. The Bertz CT molecular complexity index is 560. The number of hydrogen-bond acceptors (Lipinski definition) is 4. The van der Waals surface area contributed by atoms with Crippen LogP contribution in [0.4, 0.5) is 0 Å². The number of aliphatic hydroxyl groups is 1. The van der Waals surface area contributed by atoms with E-state index in [1.54, 1.807) is 6.07 Å². The van der Waals surface area contributed by atoms with E-state index in [1.165, 1.54) is 12.1 Å². The number of hydrogen-bond donors (Lipinski definition) is 3. The third-order valence-corrected chi connectivity index (χ3v) is 4.85. The standard InChI is InChI=1S/C9H9Br2NO5S/c10-5-1-2-6(11)8(3-5)18(16,17)12-4-7(13)9(14)15/h1-3,7,12-13H,4H2,(H,14,15)/t7-/m0/s1. The summed E-state index contributed by atoms with van der Waals surface area (Å²) >= 11 is 6.22. The van der Waals surface area contributed by atoms with Gasteiger partial charge in [-0.05, 0) is 34.1 Å². The number of halogens is 2. The number of benzene rings is 1. The number of aliphatic hydroxyl groups excluding tert-OH is 1. The Morgan fingerprint density at radius 3 is 2.56 bits per heavy atom. The van der Waals surface area contributed by atoms with Crippen molar-refractivity contribution in [1.82, 2.24) is 4.72 Å². The van der Waals surface area contributed by atoms with Crippen molar-refractivity contribution in [3.63, 3.8) is 0 Å². The molecule has 0 aliphatic carbocycles. The highest BCUT2D eigenvalue weighted by Gasteiger charge is 2.21. The number of nitrogens with one attached hydrogen (secondary N) is 1. The molecule has 0 aliphatic rings. The highest BCUT2D eigenvalue weighted by atomic mass is 79.9. The van der Waals surface area contributed by atoms with E-state index in [0.29, 0.717) is 8.95 Å². The Morgan fingerprint density at radius 2 is 2.00 bits per heavy atom. The molecule has 3 N–H and O–H groups in total. The van der Waals surface area contributed by atoms with E-state index in [-0.39, 0.29) is 4.90 Å². The second kappa shape index (κ2) is 6.11. The van der Waals surface area contributed by atoms with Gasteiger partial charge in [0.2, 0.25) is 10.0 Å². The van der Waals surface area contributed by atoms with Crippen molar-refractivity contribution in [2.45, 2.75) is 11.0 Å². The number of rotatable bonds is 5. The molecule has 0 unspecified atom stereocenters. The minimum Gasteiger partial charge on any atom is -0.479 e. The van der Waals surface area contributed by atoms with Gasteiger partial charge in [-0.25, -0.2) is 17.9 Å². The summed E-state index contributed by atoms with van der Waals surface area (Å²) in [5.41, 5.74) is 0. The summed E-state index contributed by atoms with van der Waals surface area (Å²) in [6, 6.07) is 4.54. The van der Waals surface area contributed by atoms with Gasteiger partial charge in [-0.15, -0.1) is 0 Å². The first kappa shape index (κ1) is 15.6. The summed E-state index contributed by atoms with van der Waals surface area (Å²) in [4.78, 5) is 10.3. The normalized spacial score (nSPS) is 13.3. The summed E-state index contributed by atoms with van der Waals surface area (Å²) < 4.78 is 26.6. The van der Waals surface area contributed by atoms with Crippen molar-refractivity contribution in [3.05, 3.63) is 27.1 Å². The molecule has 100 valence electrons. The SMILES string of the molecule is O=C(O)[C@@H](O)CNS(=O)(=O)c1cc(Br)ccc1Br. The fourth-order valence-corrected chi connectivity index (χ4v) is 3.58. The predicted octanol–water partition coefficient (Wildman–Crippen LogP) is 0.935. The monoisotopic (exact) mass is 401 g/mol. The first-order chi connectivity index (χ1) is 8.24. The maximum Gasteiger partial charge on any atom is 0.333 e. The van der Waals surface area contributed by atoms with E-state index in [1.807, 2.05) is 4.72 Å². The Hall–Kier alpha value is -0.480. The van der Waals surface area contributed by atoms with E-state index < -0.39 is 28.6 Å². The van der Waals surface area contributed by atoms with Gasteiger partial charge in [0.05, 0.1) is 4.90 Å². The number of aliphatic carboxylic acids is 1. The fraction of sp³-hybridized carbons (Fsp3) is 0.222. The van der Waals surface area contributed by atoms with Crippen LogP contribution in [0, 0.1) is 0 Å². The summed E-state index contributed by atoms with van der Waals surface area (Å²) in [7, 11) is -3.89. The first-order valence-electron chi connectivity index (χ1n) is 4.59. The van der Waals surface area contributed by atoms with Gasteiger partial charge in [0, 0.05) is 15.5 Å². The Labute approximate surface area is 120 Å². The Kier molecular flexibility index (Phi) is 5.29. The van der Waals surface area contributed by atoms with Gasteiger partial charge in [-0.2, -0.15) is 0 Å². The molecular formula is C9H9Br2NO5S. The minimum absolute atomic E-state index is 0.0468. The van der Waals surface area contributed by atoms with Crippen LogP contribution >= 0.6 is 31.9 Å². The molecule has 0 heterocycles. The third-order valence-electron chi connectivity index (χ3n) is 1.93. The van der Waals surface area contributed by atoms with Gasteiger partial charge in [0.15, 0.2) is 6.10 Å². The van der Waals surface area contributed by atoms with Crippen molar-refractivity contribution < 1.29 is 23.4 Å². The third kappa shape index (κ3) is 4.02. The van der Waals surface area contributed by atoms with E-state index in [9.17, 15) is 13.2 Å². The van der Waals surface area contributed by atoms with Gasteiger partial charge in [0.25, 0.3) is 0 Å². The number of sulfonamides is 1. The van der Waals surface area contributed by atoms with Crippen LogP contribution in [-0.4, -0.2) is 37.2 Å². The van der Waals surface area contributed by atoms with Gasteiger partial charge >= 0.3 is 5.97 Å². The maximum atomic E-state index is 11.9. The largest absolute Gasteiger partial charge is 0.479 e. The maximum absolute atomic E-state index is 11.9. The summed E-state index contributed by atoms with van der Waals surface area (Å²) in [5, 5.41) is 17.5. The van der Waals surface area contributed by atoms with E-state index in [2.05, 4.69) is 31.9 Å². The van der Waals surface area contributed by atoms with E-state index in [0.717, 1.165) is 0 Å². The second-order valence-corrected chi connectivity index (χ2v) is 6.79. The molecule has 1 rings (SSSR count). The highest BCUT2D eigenvalue weighted by molar-refractivity contribution is 9.11. The molecule has 0 amide bonds. The van der Waals surface area contributed by atoms with Crippen molar-refractivity contribution in [2.75, 3.05) is 6.54 Å². The summed E-state index contributed by atoms with van der Waals surface area (Å²) in [6.45, 7) is -0.601. The van der Waals surface area contributed by atoms with Crippen molar-refractivity contribution in [1.29, 1.82) is 0 Å². The van der Waals surface area contributed by atoms with E-state index in [4.69, 9.17) is 10.2 Å². The van der Waals surface area contributed by atoms with Crippen LogP contribution in [0.25, 0.3) is 0 Å². The molecule has 0 aromatic heterocycles. The van der Waals surface area contributed by atoms with Crippen LogP contribution < -0.4 is 4.72 Å². The molecule has 0 radical (unpaired) electrons. The van der Waals surface area contributed by atoms with E-state index >= 15 is 0 Å². The summed E-state index contributed by atoms with van der Waals surface area (Å²) in [5.74, 6) is -1.49. The molecule has 0 saturated carbocycles. The van der Waals surface area contributed by atoms with Crippen LogP contribution in [0.2, 0.25) is 0 Å². The predicted molar refractivity (Wildman–Crippen MR) is 70.7 cm³/mol. The quantitative estimate of drug-likeness (QED) is 0.679. The van der Waals surface area contributed by atoms with Gasteiger partial charge in [-0.1, -0.05) is 15.9 Å². The van der Waals surface area contributed by atoms with Gasteiger partial charge < -0.3 is 10.2 Å². The Morgan fingerprint density at radius 1 is 1.39 bits per heavy atom. The van der Waals surface area contributed by atoms with Crippen LogP contribution in [0.5, 0.6) is 0 Å². The first-order valence-corrected chi connectivity index (χ1v) is 7.66. The molecule has 18 heavy (non-hydrogen) atoms. The fourth-order valence-electron chi connectivity index (χ4n) is 1.04. The number of carboxylic acids is 1. The lowest BCUT2D eigenvalue weighted by molar-refractivity contribution is -0.146. The van der Waals surface area contributed by atoms with Crippen molar-refractivity contribution in [2.24, 2.45) is 0 Å². The zero-order valence-electron chi connectivity index (χ0n) is 8.80. The average molecular weight is 403 g/mol. The van der Waals surface area contributed by atoms with Crippen molar-refractivity contribution in [3.8, 4) is 0 Å². The number of carboxylic acid groups (broad SMARTS) is 1. The molecule has 9 heteroatoms. The van der Waals surface area contributed by atoms with Gasteiger partial charge in [0.1, 0.15) is 0 Å². The van der Waals surface area contributed by atoms with Crippen LogP contribution in [-0.2, 0) is 14.8 Å². The zero-order chi connectivity index (χ0) is 13.9. The highest BCUT2D eigenvalue weighted by Crippen LogP contribution is 2.25. The van der Waals surface area contributed by atoms with Crippen LogP contribution in [0.15, 0.2) is 32.0 Å². The van der Waals surface area contributed by atoms with Crippen LogP contribution in [0.1, 0.15) is 0 Å². The molecule has 6 nitrogen and oxygen atoms in total. The molecular weight excluding hydrogens is 394 g/mol. The molecule has 0 fully saturated rings. The molecule has 0 spiro atoms. The smallest absolute Gasteiger partial charge is 0.333 e. The topological polar surface area (TPSA) is 104 Å². The molecule has 0 bridgehead atoms. The van der Waals surface area contributed by atoms with Gasteiger partial charge in [-0.3, -0.25) is 0 Å². The lowest BCUT2D eigenvalue weighted by Crippen LogP contribution is -2.36.